The maximum absolute atomic E-state index is 12.2. The van der Waals surface area contributed by atoms with Crippen molar-refractivity contribution in [2.24, 2.45) is 0 Å². The number of fused-ring (bicyclic) bond motifs is 1. The van der Waals surface area contributed by atoms with E-state index in [0.717, 1.165) is 28.4 Å². The normalized spacial score (nSPS) is 12.3. The number of benzene rings is 2. The van der Waals surface area contributed by atoms with Crippen LogP contribution in [0.4, 0.5) is 0 Å². The molecule has 0 atom stereocenters. The highest BCUT2D eigenvalue weighted by Gasteiger charge is 2.14. The van der Waals surface area contributed by atoms with Gasteiger partial charge in [0.05, 0.1) is 13.7 Å². The van der Waals surface area contributed by atoms with Crippen LogP contribution in [0.25, 0.3) is 0 Å². The van der Waals surface area contributed by atoms with Gasteiger partial charge in [0.25, 0.3) is 0 Å². The molecule has 0 spiro atoms. The van der Waals surface area contributed by atoms with Gasteiger partial charge >= 0.3 is 0 Å². The summed E-state index contributed by atoms with van der Waals surface area (Å²) in [7, 11) is 3.53. The molecule has 6 heteroatoms. The van der Waals surface area contributed by atoms with Crippen molar-refractivity contribution in [2.45, 2.75) is 13.1 Å². The van der Waals surface area contributed by atoms with Gasteiger partial charge in [-0.3, -0.25) is 9.69 Å². The first-order valence-electron chi connectivity index (χ1n) is 8.11. The third-order valence-corrected chi connectivity index (χ3v) is 3.97. The molecule has 2 aromatic carbocycles. The number of carbonyl (C=O) groups is 1. The molecule has 2 aromatic rings. The molecule has 25 heavy (non-hydrogen) atoms. The molecule has 6 nitrogen and oxygen atoms in total. The third kappa shape index (κ3) is 4.42. The summed E-state index contributed by atoms with van der Waals surface area (Å²) in [5.41, 5.74) is 2.03. The summed E-state index contributed by atoms with van der Waals surface area (Å²) in [4.78, 5) is 14.1. The van der Waals surface area contributed by atoms with Gasteiger partial charge in [-0.2, -0.15) is 0 Å². The minimum atomic E-state index is -0.0332. The average Bonchev–Trinajstić information content (AvgIpc) is 3.07. The summed E-state index contributed by atoms with van der Waals surface area (Å²) in [5.74, 6) is 2.26. The summed E-state index contributed by atoms with van der Waals surface area (Å²) in [6.45, 7) is 1.67. The van der Waals surface area contributed by atoms with Gasteiger partial charge in [0.15, 0.2) is 11.5 Å². The van der Waals surface area contributed by atoms with Gasteiger partial charge in [-0.15, -0.1) is 0 Å². The van der Waals surface area contributed by atoms with Crippen LogP contribution >= 0.6 is 0 Å². The van der Waals surface area contributed by atoms with E-state index < -0.39 is 0 Å². The van der Waals surface area contributed by atoms with Crippen LogP contribution in [-0.2, 0) is 17.9 Å². The zero-order chi connectivity index (χ0) is 17.6. The molecule has 0 fully saturated rings. The smallest absolute Gasteiger partial charge is 0.234 e. The van der Waals surface area contributed by atoms with Crippen molar-refractivity contribution in [2.75, 3.05) is 27.5 Å². The summed E-state index contributed by atoms with van der Waals surface area (Å²) < 4.78 is 16.0. The van der Waals surface area contributed by atoms with E-state index in [1.807, 2.05) is 54.4 Å². The number of nitrogens with one attached hydrogen (secondary N) is 1. The maximum atomic E-state index is 12.2. The Bertz CT molecular complexity index is 748. The van der Waals surface area contributed by atoms with Crippen molar-refractivity contribution in [3.63, 3.8) is 0 Å². The molecule has 0 bridgehead atoms. The first-order valence-corrected chi connectivity index (χ1v) is 8.11. The zero-order valence-corrected chi connectivity index (χ0v) is 14.5. The molecule has 0 saturated heterocycles. The predicted octanol–water partition coefficient (Wildman–Crippen LogP) is 2.17. The Labute approximate surface area is 147 Å². The molecule has 1 aliphatic heterocycles. The number of hydrogen-bond acceptors (Lipinski definition) is 5. The number of carbonyl (C=O) groups excluding carboxylic acids is 1. The van der Waals surface area contributed by atoms with E-state index in [1.54, 1.807) is 7.11 Å². The van der Waals surface area contributed by atoms with Crippen molar-refractivity contribution in [3.8, 4) is 17.2 Å². The second-order valence-corrected chi connectivity index (χ2v) is 5.95. The van der Waals surface area contributed by atoms with E-state index in [1.165, 1.54) is 0 Å². The number of amides is 1. The van der Waals surface area contributed by atoms with Gasteiger partial charge in [-0.1, -0.05) is 24.3 Å². The van der Waals surface area contributed by atoms with E-state index in [4.69, 9.17) is 14.2 Å². The van der Waals surface area contributed by atoms with Gasteiger partial charge in [0.2, 0.25) is 12.7 Å². The first kappa shape index (κ1) is 17.1. The predicted molar refractivity (Wildman–Crippen MR) is 93.7 cm³/mol. The van der Waals surface area contributed by atoms with Crippen LogP contribution < -0.4 is 19.5 Å². The standard InChI is InChI=1S/C19H22N2O4/c1-21(11-14-7-8-17-18(9-14)25-13-24-17)12-19(22)20-10-15-5-3-4-6-16(15)23-2/h3-9H,10-13H2,1-2H3,(H,20,22). The van der Waals surface area contributed by atoms with Crippen LogP contribution in [-0.4, -0.2) is 38.3 Å². The minimum Gasteiger partial charge on any atom is -0.496 e. The fourth-order valence-electron chi connectivity index (χ4n) is 2.75. The lowest BCUT2D eigenvalue weighted by molar-refractivity contribution is -0.122. The molecule has 1 heterocycles. The molecule has 0 unspecified atom stereocenters. The van der Waals surface area contributed by atoms with Gasteiger partial charge in [0, 0.05) is 18.7 Å². The highest BCUT2D eigenvalue weighted by molar-refractivity contribution is 5.78. The molecule has 1 amide bonds. The Morgan fingerprint density at radius 3 is 2.84 bits per heavy atom. The fourth-order valence-corrected chi connectivity index (χ4v) is 2.75. The largest absolute Gasteiger partial charge is 0.496 e. The van der Waals surface area contributed by atoms with Crippen molar-refractivity contribution < 1.29 is 19.0 Å². The average molecular weight is 342 g/mol. The number of likely N-dealkylation sites (N-methyl/N-ethyl adjacent to an activating group) is 1. The number of para-hydroxylation sites is 1. The lowest BCUT2D eigenvalue weighted by atomic mass is 10.2. The van der Waals surface area contributed by atoms with Crippen molar-refractivity contribution >= 4 is 5.91 Å². The lowest BCUT2D eigenvalue weighted by Crippen LogP contribution is -2.34. The van der Waals surface area contributed by atoms with E-state index in [-0.39, 0.29) is 12.7 Å². The minimum absolute atomic E-state index is 0.0332. The Morgan fingerprint density at radius 2 is 2.00 bits per heavy atom. The summed E-state index contributed by atoms with van der Waals surface area (Å²) >= 11 is 0. The Morgan fingerprint density at radius 1 is 1.20 bits per heavy atom. The van der Waals surface area contributed by atoms with E-state index in [0.29, 0.717) is 19.6 Å². The molecule has 3 rings (SSSR count). The van der Waals surface area contributed by atoms with Crippen LogP contribution in [0, 0.1) is 0 Å². The van der Waals surface area contributed by atoms with E-state index in [2.05, 4.69) is 5.32 Å². The van der Waals surface area contributed by atoms with Crippen LogP contribution in [0.1, 0.15) is 11.1 Å². The fraction of sp³-hybridized carbons (Fsp3) is 0.316. The SMILES string of the molecule is COc1ccccc1CNC(=O)CN(C)Cc1ccc2c(c1)OCO2. The zero-order valence-electron chi connectivity index (χ0n) is 14.5. The van der Waals surface area contributed by atoms with Gasteiger partial charge < -0.3 is 19.5 Å². The monoisotopic (exact) mass is 342 g/mol. The number of methoxy groups -OCH3 is 1. The summed E-state index contributed by atoms with van der Waals surface area (Å²) in [6.07, 6.45) is 0. The summed E-state index contributed by atoms with van der Waals surface area (Å²) in [6, 6.07) is 13.5. The first-order chi connectivity index (χ1) is 12.2. The van der Waals surface area contributed by atoms with Crippen molar-refractivity contribution in [3.05, 3.63) is 53.6 Å². The lowest BCUT2D eigenvalue weighted by Gasteiger charge is -2.17. The molecule has 0 aromatic heterocycles. The number of nitrogens with zero attached hydrogens (tertiary/aromatic N) is 1. The highest BCUT2D eigenvalue weighted by Crippen LogP contribution is 2.32. The van der Waals surface area contributed by atoms with E-state index in [9.17, 15) is 4.79 Å². The molecule has 1 aliphatic rings. The molecule has 132 valence electrons. The van der Waals surface area contributed by atoms with E-state index >= 15 is 0 Å². The number of rotatable bonds is 7. The molecule has 0 saturated carbocycles. The number of hydrogen-bond donors (Lipinski definition) is 1. The molecule has 1 N–H and O–H groups in total. The maximum Gasteiger partial charge on any atom is 0.234 e. The second kappa shape index (κ2) is 7.90. The molecular weight excluding hydrogens is 320 g/mol. The molecular formula is C19H22N2O4. The number of ether oxygens (including phenoxy) is 3. The Kier molecular flexibility index (Phi) is 5.40. The Balaban J connectivity index is 1.49. The van der Waals surface area contributed by atoms with Crippen LogP contribution in [0.3, 0.4) is 0 Å². The quantitative estimate of drug-likeness (QED) is 0.836. The highest BCUT2D eigenvalue weighted by atomic mass is 16.7. The van der Waals surface area contributed by atoms with Crippen LogP contribution in [0.2, 0.25) is 0 Å². The van der Waals surface area contributed by atoms with Gasteiger partial charge in [0.1, 0.15) is 5.75 Å². The third-order valence-electron chi connectivity index (χ3n) is 3.97. The van der Waals surface area contributed by atoms with Gasteiger partial charge in [-0.05, 0) is 30.8 Å². The van der Waals surface area contributed by atoms with Crippen LogP contribution in [0.15, 0.2) is 42.5 Å². The topological polar surface area (TPSA) is 60.0 Å². The second-order valence-electron chi connectivity index (χ2n) is 5.95. The molecule has 0 radical (unpaired) electrons. The van der Waals surface area contributed by atoms with Gasteiger partial charge in [-0.25, -0.2) is 0 Å². The molecule has 0 aliphatic carbocycles. The van der Waals surface area contributed by atoms with Crippen LogP contribution in [0.5, 0.6) is 17.2 Å². The van der Waals surface area contributed by atoms with Crippen molar-refractivity contribution in [1.82, 2.24) is 10.2 Å². The van der Waals surface area contributed by atoms with Crippen molar-refractivity contribution in [1.29, 1.82) is 0 Å². The summed E-state index contributed by atoms with van der Waals surface area (Å²) in [5, 5.41) is 2.93. The Hall–Kier alpha value is -2.73.